The van der Waals surface area contributed by atoms with E-state index in [2.05, 4.69) is 5.32 Å². The SMILES string of the molecule is CSc1cc2c(cc1NC(=O)CCN1C(=O)c3ccccc3N3C(=O)CCC13C)OCCO2. The van der Waals surface area contributed by atoms with Crippen molar-refractivity contribution in [3.63, 3.8) is 0 Å². The average Bonchev–Trinajstić information content (AvgIpc) is 3.13. The minimum Gasteiger partial charge on any atom is -0.486 e. The lowest BCUT2D eigenvalue weighted by Gasteiger charge is -2.48. The van der Waals surface area contributed by atoms with Gasteiger partial charge in [-0.2, -0.15) is 0 Å². The molecule has 3 aliphatic rings. The number of nitrogens with zero attached hydrogens (tertiary/aromatic N) is 2. The average molecular weight is 468 g/mol. The third-order valence-corrected chi connectivity index (χ3v) is 7.22. The normalized spacial score (nSPS) is 21.0. The lowest BCUT2D eigenvalue weighted by Crippen LogP contribution is -2.62. The summed E-state index contributed by atoms with van der Waals surface area (Å²) < 4.78 is 11.3. The van der Waals surface area contributed by atoms with Gasteiger partial charge in [0.25, 0.3) is 5.91 Å². The van der Waals surface area contributed by atoms with Crippen molar-refractivity contribution in [3.05, 3.63) is 42.0 Å². The van der Waals surface area contributed by atoms with E-state index in [1.54, 1.807) is 28.0 Å². The molecule has 9 heteroatoms. The summed E-state index contributed by atoms with van der Waals surface area (Å²) in [5, 5.41) is 2.95. The molecule has 172 valence electrons. The number of amides is 3. The first-order valence-corrected chi connectivity index (χ1v) is 12.2. The molecule has 0 saturated carbocycles. The molecule has 0 radical (unpaired) electrons. The first kappa shape index (κ1) is 21.6. The van der Waals surface area contributed by atoms with Gasteiger partial charge in [-0.25, -0.2) is 0 Å². The zero-order valence-electron chi connectivity index (χ0n) is 18.6. The predicted octanol–water partition coefficient (Wildman–Crippen LogP) is 3.51. The Balaban J connectivity index is 1.35. The first-order valence-electron chi connectivity index (χ1n) is 10.9. The summed E-state index contributed by atoms with van der Waals surface area (Å²) >= 11 is 1.50. The van der Waals surface area contributed by atoms with Gasteiger partial charge in [-0.3, -0.25) is 19.3 Å². The third kappa shape index (κ3) is 3.60. The van der Waals surface area contributed by atoms with E-state index < -0.39 is 5.66 Å². The second kappa shape index (κ2) is 8.30. The van der Waals surface area contributed by atoms with Crippen LogP contribution in [0.4, 0.5) is 11.4 Å². The molecule has 0 spiro atoms. The van der Waals surface area contributed by atoms with Gasteiger partial charge in [-0.05, 0) is 37.8 Å². The maximum Gasteiger partial charge on any atom is 0.257 e. The van der Waals surface area contributed by atoms with Crippen LogP contribution in [0.1, 0.15) is 36.5 Å². The summed E-state index contributed by atoms with van der Waals surface area (Å²) in [6.45, 7) is 3.07. The number of hydrogen-bond donors (Lipinski definition) is 1. The van der Waals surface area contributed by atoms with Gasteiger partial charge < -0.3 is 19.7 Å². The number of carbonyl (C=O) groups excluding carboxylic acids is 3. The minimum absolute atomic E-state index is 0.00667. The second-order valence-corrected chi connectivity index (χ2v) is 9.26. The third-order valence-electron chi connectivity index (χ3n) is 6.45. The van der Waals surface area contributed by atoms with Crippen LogP contribution in [-0.4, -0.2) is 54.3 Å². The maximum atomic E-state index is 13.3. The second-order valence-electron chi connectivity index (χ2n) is 8.41. The van der Waals surface area contributed by atoms with Crippen LogP contribution in [0.15, 0.2) is 41.3 Å². The highest BCUT2D eigenvalue weighted by molar-refractivity contribution is 7.98. The summed E-state index contributed by atoms with van der Waals surface area (Å²) in [5.74, 6) is 0.891. The number of para-hydroxylation sites is 1. The maximum absolute atomic E-state index is 13.3. The number of anilines is 2. The van der Waals surface area contributed by atoms with E-state index >= 15 is 0 Å². The van der Waals surface area contributed by atoms with Gasteiger partial charge >= 0.3 is 0 Å². The Kier molecular flexibility index (Phi) is 5.44. The van der Waals surface area contributed by atoms with Crippen LogP contribution in [0.5, 0.6) is 11.5 Å². The van der Waals surface area contributed by atoms with Gasteiger partial charge in [-0.1, -0.05) is 12.1 Å². The highest BCUT2D eigenvalue weighted by Gasteiger charge is 2.52. The van der Waals surface area contributed by atoms with Crippen LogP contribution >= 0.6 is 11.8 Å². The smallest absolute Gasteiger partial charge is 0.257 e. The summed E-state index contributed by atoms with van der Waals surface area (Å²) in [7, 11) is 0. The number of benzene rings is 2. The standard InChI is InChI=1S/C24H25N3O5S/c1-24-9-7-22(29)27(24)17-6-4-3-5-15(17)23(30)26(24)10-8-21(28)25-16-13-18-19(14-20(16)33-2)32-12-11-31-18/h3-6,13-14H,7-12H2,1-2H3,(H,25,28). The quantitative estimate of drug-likeness (QED) is 0.677. The Hall–Kier alpha value is -3.20. The molecule has 8 nitrogen and oxygen atoms in total. The number of nitrogens with one attached hydrogen (secondary N) is 1. The monoisotopic (exact) mass is 467 g/mol. The van der Waals surface area contributed by atoms with Crippen LogP contribution in [0.25, 0.3) is 0 Å². The molecular formula is C24H25N3O5S. The first-order chi connectivity index (χ1) is 15.9. The van der Waals surface area contributed by atoms with Crippen LogP contribution < -0.4 is 19.7 Å². The Labute approximate surface area is 196 Å². The van der Waals surface area contributed by atoms with Crippen molar-refractivity contribution in [2.75, 3.05) is 36.2 Å². The zero-order chi connectivity index (χ0) is 23.2. The van der Waals surface area contributed by atoms with Crippen LogP contribution in [0, 0.1) is 0 Å². The van der Waals surface area contributed by atoms with Gasteiger partial charge in [0, 0.05) is 30.3 Å². The number of hydrogen-bond acceptors (Lipinski definition) is 6. The number of fused-ring (bicyclic) bond motifs is 4. The molecule has 1 saturated heterocycles. The summed E-state index contributed by atoms with van der Waals surface area (Å²) in [6, 6.07) is 10.8. The van der Waals surface area contributed by atoms with Crippen LogP contribution in [0.3, 0.4) is 0 Å². The van der Waals surface area contributed by atoms with Crippen molar-refractivity contribution >= 4 is 40.9 Å². The minimum atomic E-state index is -0.774. The topological polar surface area (TPSA) is 88.2 Å². The van der Waals surface area contributed by atoms with E-state index in [0.717, 1.165) is 4.90 Å². The summed E-state index contributed by atoms with van der Waals surface area (Å²) in [6.07, 6.45) is 2.94. The number of rotatable bonds is 5. The van der Waals surface area contributed by atoms with Crippen molar-refractivity contribution < 1.29 is 23.9 Å². The van der Waals surface area contributed by atoms with Gasteiger partial charge in [0.05, 0.1) is 16.9 Å². The summed E-state index contributed by atoms with van der Waals surface area (Å²) in [5.41, 5.74) is 1.01. The molecule has 1 atom stereocenters. The number of carbonyl (C=O) groups is 3. The van der Waals surface area contributed by atoms with Gasteiger partial charge in [0.15, 0.2) is 11.5 Å². The fraction of sp³-hybridized carbons (Fsp3) is 0.375. The van der Waals surface area contributed by atoms with E-state index in [4.69, 9.17) is 9.47 Å². The molecule has 0 aromatic heterocycles. The van der Waals surface area contributed by atoms with E-state index in [-0.39, 0.29) is 30.7 Å². The summed E-state index contributed by atoms with van der Waals surface area (Å²) in [4.78, 5) is 43.2. The van der Waals surface area contributed by atoms with Crippen LogP contribution in [-0.2, 0) is 9.59 Å². The molecule has 33 heavy (non-hydrogen) atoms. The fourth-order valence-electron chi connectivity index (χ4n) is 4.80. The highest BCUT2D eigenvalue weighted by atomic mass is 32.2. The van der Waals surface area contributed by atoms with Gasteiger partial charge in [0.2, 0.25) is 11.8 Å². The molecule has 5 rings (SSSR count). The molecule has 3 amide bonds. The lowest BCUT2D eigenvalue weighted by molar-refractivity contribution is -0.117. The molecule has 1 unspecified atom stereocenters. The molecule has 3 heterocycles. The van der Waals surface area contributed by atoms with Crippen molar-refractivity contribution in [3.8, 4) is 11.5 Å². The molecule has 1 fully saturated rings. The van der Waals surface area contributed by atoms with Crippen molar-refractivity contribution in [1.29, 1.82) is 0 Å². The van der Waals surface area contributed by atoms with E-state index in [9.17, 15) is 14.4 Å². The molecule has 1 N–H and O–H groups in total. The molecule has 2 aromatic carbocycles. The molecule has 2 aromatic rings. The van der Waals surface area contributed by atoms with E-state index in [1.165, 1.54) is 11.8 Å². The van der Waals surface area contributed by atoms with Crippen molar-refractivity contribution in [2.24, 2.45) is 0 Å². The fourth-order valence-corrected chi connectivity index (χ4v) is 5.36. The van der Waals surface area contributed by atoms with Crippen molar-refractivity contribution in [2.45, 2.75) is 36.7 Å². The van der Waals surface area contributed by atoms with Crippen LogP contribution in [0.2, 0.25) is 0 Å². The Morgan fingerprint density at radius 1 is 1.15 bits per heavy atom. The van der Waals surface area contributed by atoms with Gasteiger partial charge in [-0.15, -0.1) is 11.8 Å². The highest BCUT2D eigenvalue weighted by Crippen LogP contribution is 2.44. The lowest BCUT2D eigenvalue weighted by atomic mass is 9.98. The van der Waals surface area contributed by atoms with E-state index in [1.807, 2.05) is 31.4 Å². The Morgan fingerprint density at radius 2 is 1.88 bits per heavy atom. The van der Waals surface area contributed by atoms with Gasteiger partial charge in [0.1, 0.15) is 18.9 Å². The number of ether oxygens (including phenoxy) is 2. The number of thioether (sulfide) groups is 1. The largest absolute Gasteiger partial charge is 0.486 e. The predicted molar refractivity (Wildman–Crippen MR) is 125 cm³/mol. The Bertz CT molecular complexity index is 1150. The van der Waals surface area contributed by atoms with Crippen molar-refractivity contribution in [1.82, 2.24) is 4.90 Å². The molecular weight excluding hydrogens is 442 g/mol. The Morgan fingerprint density at radius 3 is 2.64 bits per heavy atom. The van der Waals surface area contributed by atoms with E-state index in [0.29, 0.717) is 54.5 Å². The molecule has 0 bridgehead atoms. The molecule has 3 aliphatic heterocycles. The zero-order valence-corrected chi connectivity index (χ0v) is 19.4. The molecule has 0 aliphatic carbocycles.